The lowest BCUT2D eigenvalue weighted by Gasteiger charge is -2.15. The van der Waals surface area contributed by atoms with Crippen LogP contribution in [0.2, 0.25) is 0 Å². The summed E-state index contributed by atoms with van der Waals surface area (Å²) in [7, 11) is 0. The van der Waals surface area contributed by atoms with E-state index in [0.29, 0.717) is 12.1 Å². The molecule has 0 aliphatic carbocycles. The average Bonchev–Trinajstić information content (AvgIpc) is 2.99. The Bertz CT molecular complexity index is 697. The number of nitrogens with one attached hydrogen (secondary N) is 1. The zero-order valence-corrected chi connectivity index (χ0v) is 14.5. The van der Waals surface area contributed by atoms with Crippen molar-refractivity contribution in [3.8, 4) is 5.75 Å². The molecule has 6 heteroatoms. The van der Waals surface area contributed by atoms with Gasteiger partial charge in [0.1, 0.15) is 6.61 Å². The summed E-state index contributed by atoms with van der Waals surface area (Å²) in [5.41, 5.74) is 1.35. The maximum Gasteiger partial charge on any atom is 0.255 e. The van der Waals surface area contributed by atoms with Crippen molar-refractivity contribution in [3.05, 3.63) is 47.5 Å². The normalized spacial score (nSPS) is 12.2. The number of ether oxygens (including phenoxy) is 1. The number of carbonyl (C=O) groups excluding carboxylic acids is 1. The molecule has 0 fully saturated rings. The number of aromatic nitrogens is 2. The number of carbonyl (C=O) groups is 1. The monoisotopic (exact) mass is 333 g/mol. The third kappa shape index (κ3) is 4.34. The van der Waals surface area contributed by atoms with Crippen LogP contribution < -0.4 is 10.1 Å². The highest BCUT2D eigenvalue weighted by Crippen LogP contribution is 2.18. The van der Waals surface area contributed by atoms with Crippen LogP contribution >= 0.6 is 0 Å². The predicted octanol–water partition coefficient (Wildman–Crippen LogP) is 3.36. The first kappa shape index (κ1) is 18.0. The molecule has 1 N–H and O–H groups in total. The molecule has 1 heterocycles. The van der Waals surface area contributed by atoms with E-state index in [9.17, 15) is 9.18 Å². The standard InChI is InChI=1S/C18H24FN3O2/c1-5-22-10-14(17(21-22)12(2)3)18(23)20-13(4)11-24-16-9-7-6-8-15(16)19/h6-10,12-13H,5,11H2,1-4H3,(H,20,23)/t13-/m1/s1. The number of benzene rings is 1. The van der Waals surface area contributed by atoms with Crippen molar-refractivity contribution < 1.29 is 13.9 Å². The Hall–Kier alpha value is -2.37. The maximum atomic E-state index is 13.5. The fraction of sp³-hybridized carbons (Fsp3) is 0.444. The summed E-state index contributed by atoms with van der Waals surface area (Å²) in [4.78, 5) is 12.5. The van der Waals surface area contributed by atoms with Crippen LogP contribution in [0.3, 0.4) is 0 Å². The van der Waals surface area contributed by atoms with Crippen molar-refractivity contribution >= 4 is 5.91 Å². The van der Waals surface area contributed by atoms with E-state index >= 15 is 0 Å². The highest BCUT2D eigenvalue weighted by Gasteiger charge is 2.20. The molecule has 0 bridgehead atoms. The van der Waals surface area contributed by atoms with Crippen LogP contribution in [-0.4, -0.2) is 28.3 Å². The molecule has 0 spiro atoms. The zero-order chi connectivity index (χ0) is 17.7. The van der Waals surface area contributed by atoms with Gasteiger partial charge in [0.25, 0.3) is 5.91 Å². The number of hydrogen-bond acceptors (Lipinski definition) is 3. The molecule has 2 rings (SSSR count). The highest BCUT2D eigenvalue weighted by atomic mass is 19.1. The lowest BCUT2D eigenvalue weighted by molar-refractivity contribution is 0.0924. The first-order chi connectivity index (χ1) is 11.4. The molecule has 5 nitrogen and oxygen atoms in total. The number of halogens is 1. The van der Waals surface area contributed by atoms with Gasteiger partial charge in [-0.05, 0) is 31.9 Å². The average molecular weight is 333 g/mol. The third-order valence-corrected chi connectivity index (χ3v) is 3.61. The lowest BCUT2D eigenvalue weighted by Crippen LogP contribution is -2.37. The van der Waals surface area contributed by atoms with Crippen molar-refractivity contribution in [3.63, 3.8) is 0 Å². The number of hydrogen-bond donors (Lipinski definition) is 1. The van der Waals surface area contributed by atoms with E-state index in [-0.39, 0.29) is 30.2 Å². The van der Waals surface area contributed by atoms with Crippen molar-refractivity contribution in [1.29, 1.82) is 0 Å². The molecule has 1 atom stereocenters. The summed E-state index contributed by atoms with van der Waals surface area (Å²) < 4.78 is 20.7. The van der Waals surface area contributed by atoms with Crippen molar-refractivity contribution in [2.75, 3.05) is 6.61 Å². The Morgan fingerprint density at radius 3 is 2.67 bits per heavy atom. The van der Waals surface area contributed by atoms with Crippen molar-refractivity contribution in [2.24, 2.45) is 0 Å². The molecule has 1 amide bonds. The third-order valence-electron chi connectivity index (χ3n) is 3.61. The van der Waals surface area contributed by atoms with E-state index in [1.54, 1.807) is 29.1 Å². The van der Waals surface area contributed by atoms with Crippen molar-refractivity contribution in [2.45, 2.75) is 46.2 Å². The fourth-order valence-corrected chi connectivity index (χ4v) is 2.32. The lowest BCUT2D eigenvalue weighted by atomic mass is 10.1. The van der Waals surface area contributed by atoms with Crippen molar-refractivity contribution in [1.82, 2.24) is 15.1 Å². The van der Waals surface area contributed by atoms with Gasteiger partial charge in [-0.15, -0.1) is 0 Å². The molecule has 0 unspecified atom stereocenters. The molecule has 0 radical (unpaired) electrons. The Balaban J connectivity index is 1.99. The smallest absolute Gasteiger partial charge is 0.255 e. The molecule has 0 aliphatic heterocycles. The van der Waals surface area contributed by atoms with Gasteiger partial charge in [0.2, 0.25) is 0 Å². The van der Waals surface area contributed by atoms with Gasteiger partial charge < -0.3 is 10.1 Å². The van der Waals surface area contributed by atoms with Gasteiger partial charge in [0.05, 0.1) is 17.3 Å². The molecule has 0 saturated carbocycles. The van der Waals surface area contributed by atoms with E-state index in [0.717, 1.165) is 5.69 Å². The fourth-order valence-electron chi connectivity index (χ4n) is 2.32. The summed E-state index contributed by atoms with van der Waals surface area (Å²) in [6.07, 6.45) is 1.76. The molecule has 1 aromatic heterocycles. The second-order valence-corrected chi connectivity index (χ2v) is 6.05. The summed E-state index contributed by atoms with van der Waals surface area (Å²) in [5.74, 6) is -0.269. The van der Waals surface area contributed by atoms with E-state index in [2.05, 4.69) is 10.4 Å². The van der Waals surface area contributed by atoms with Gasteiger partial charge in [0, 0.05) is 12.7 Å². The highest BCUT2D eigenvalue weighted by molar-refractivity contribution is 5.95. The van der Waals surface area contributed by atoms with Gasteiger partial charge in [-0.25, -0.2) is 4.39 Å². The second-order valence-electron chi connectivity index (χ2n) is 6.05. The van der Waals surface area contributed by atoms with Crippen LogP contribution in [0.1, 0.15) is 49.7 Å². The van der Waals surface area contributed by atoms with Gasteiger partial charge in [-0.2, -0.15) is 5.10 Å². The first-order valence-electron chi connectivity index (χ1n) is 8.17. The Kier molecular flexibility index (Phi) is 5.95. The molecular weight excluding hydrogens is 309 g/mol. The Morgan fingerprint density at radius 2 is 2.04 bits per heavy atom. The minimum atomic E-state index is -0.414. The van der Waals surface area contributed by atoms with Gasteiger partial charge >= 0.3 is 0 Å². The first-order valence-corrected chi connectivity index (χ1v) is 8.17. The molecule has 2 aromatic rings. The van der Waals surface area contributed by atoms with Gasteiger partial charge in [-0.3, -0.25) is 9.48 Å². The number of rotatable bonds is 7. The minimum absolute atomic E-state index is 0.156. The molecule has 24 heavy (non-hydrogen) atoms. The van der Waals surface area contributed by atoms with E-state index in [4.69, 9.17) is 4.74 Å². The maximum absolute atomic E-state index is 13.5. The summed E-state index contributed by atoms with van der Waals surface area (Å²) in [5, 5.41) is 7.32. The van der Waals surface area contributed by atoms with Crippen LogP contribution in [0.4, 0.5) is 4.39 Å². The topological polar surface area (TPSA) is 56.2 Å². The van der Waals surface area contributed by atoms with Crippen LogP contribution in [0.5, 0.6) is 5.75 Å². The molecule has 130 valence electrons. The van der Waals surface area contributed by atoms with Gasteiger partial charge in [-0.1, -0.05) is 26.0 Å². The molecule has 1 aromatic carbocycles. The number of nitrogens with zero attached hydrogens (tertiary/aromatic N) is 2. The summed E-state index contributed by atoms with van der Waals surface area (Å²) in [6, 6.07) is 5.95. The van der Waals surface area contributed by atoms with E-state index in [1.807, 2.05) is 27.7 Å². The zero-order valence-electron chi connectivity index (χ0n) is 14.5. The summed E-state index contributed by atoms with van der Waals surface area (Å²) >= 11 is 0. The van der Waals surface area contributed by atoms with E-state index < -0.39 is 5.82 Å². The van der Waals surface area contributed by atoms with E-state index in [1.165, 1.54) is 6.07 Å². The van der Waals surface area contributed by atoms with Crippen LogP contribution in [0.25, 0.3) is 0 Å². The molecule has 0 saturated heterocycles. The van der Waals surface area contributed by atoms with Gasteiger partial charge in [0.15, 0.2) is 11.6 Å². The SMILES string of the molecule is CCn1cc(C(=O)N[C@H](C)COc2ccccc2F)c(C(C)C)n1. The Morgan fingerprint density at radius 1 is 1.33 bits per heavy atom. The number of amides is 1. The molecular formula is C18H24FN3O2. The summed E-state index contributed by atoms with van der Waals surface area (Å²) in [6.45, 7) is 8.69. The van der Waals surface area contributed by atoms with Crippen LogP contribution in [0.15, 0.2) is 30.5 Å². The minimum Gasteiger partial charge on any atom is -0.488 e. The largest absolute Gasteiger partial charge is 0.488 e. The van der Waals surface area contributed by atoms with Crippen LogP contribution in [0, 0.1) is 5.82 Å². The van der Waals surface area contributed by atoms with Crippen LogP contribution in [-0.2, 0) is 6.54 Å². The number of aryl methyl sites for hydroxylation is 1. The quantitative estimate of drug-likeness (QED) is 0.845. The number of para-hydroxylation sites is 1. The molecule has 0 aliphatic rings. The Labute approximate surface area is 141 Å². The predicted molar refractivity (Wildman–Crippen MR) is 90.8 cm³/mol. The second kappa shape index (κ2) is 7.95.